The molecule has 0 amide bonds. The SMILES string of the molecule is C=CC/C(=C\C)CCO. The molecule has 1 nitrogen and oxygen atoms in total. The van der Waals surface area contributed by atoms with Crippen molar-refractivity contribution in [2.45, 2.75) is 19.8 Å². The second-order valence-electron chi connectivity index (χ2n) is 1.91. The molecule has 0 aromatic carbocycles. The summed E-state index contributed by atoms with van der Waals surface area (Å²) < 4.78 is 0. The smallest absolute Gasteiger partial charge is 0.0468 e. The normalized spacial score (nSPS) is 11.6. The summed E-state index contributed by atoms with van der Waals surface area (Å²) in [5, 5.41) is 8.52. The van der Waals surface area contributed by atoms with Crippen molar-refractivity contribution in [1.82, 2.24) is 0 Å². The van der Waals surface area contributed by atoms with Crippen LogP contribution >= 0.6 is 0 Å². The lowest BCUT2D eigenvalue weighted by Crippen LogP contribution is -1.86. The summed E-state index contributed by atoms with van der Waals surface area (Å²) in [5.41, 5.74) is 1.26. The van der Waals surface area contributed by atoms with Crippen molar-refractivity contribution in [3.05, 3.63) is 24.3 Å². The highest BCUT2D eigenvalue weighted by Gasteiger charge is 1.89. The molecule has 0 aliphatic rings. The summed E-state index contributed by atoms with van der Waals surface area (Å²) in [5.74, 6) is 0. The highest BCUT2D eigenvalue weighted by molar-refractivity contribution is 5.04. The Kier molecular flexibility index (Phi) is 5.23. The minimum absolute atomic E-state index is 0.244. The molecule has 1 heteroatoms. The van der Waals surface area contributed by atoms with Crippen molar-refractivity contribution < 1.29 is 5.11 Å². The molecule has 52 valence electrons. The van der Waals surface area contributed by atoms with Crippen LogP contribution in [0.25, 0.3) is 0 Å². The first-order chi connectivity index (χ1) is 4.35. The van der Waals surface area contributed by atoms with E-state index in [-0.39, 0.29) is 6.61 Å². The molecule has 0 unspecified atom stereocenters. The Morgan fingerprint density at radius 3 is 2.67 bits per heavy atom. The highest BCUT2D eigenvalue weighted by Crippen LogP contribution is 2.05. The summed E-state index contributed by atoms with van der Waals surface area (Å²) in [6, 6.07) is 0. The van der Waals surface area contributed by atoms with Gasteiger partial charge in [0.2, 0.25) is 0 Å². The van der Waals surface area contributed by atoms with Crippen molar-refractivity contribution in [2.24, 2.45) is 0 Å². The first kappa shape index (κ1) is 8.44. The van der Waals surface area contributed by atoms with Gasteiger partial charge in [0.15, 0.2) is 0 Å². The molecule has 0 bridgehead atoms. The maximum atomic E-state index is 8.52. The Hall–Kier alpha value is -0.560. The highest BCUT2D eigenvalue weighted by atomic mass is 16.2. The van der Waals surface area contributed by atoms with Crippen LogP contribution in [0, 0.1) is 0 Å². The van der Waals surface area contributed by atoms with Crippen LogP contribution in [0.2, 0.25) is 0 Å². The van der Waals surface area contributed by atoms with E-state index < -0.39 is 0 Å². The average Bonchev–Trinajstić information content (AvgIpc) is 1.88. The third-order valence-corrected chi connectivity index (χ3v) is 1.25. The monoisotopic (exact) mass is 126 g/mol. The van der Waals surface area contributed by atoms with Crippen molar-refractivity contribution in [1.29, 1.82) is 0 Å². The molecule has 0 aromatic heterocycles. The fraction of sp³-hybridized carbons (Fsp3) is 0.500. The lowest BCUT2D eigenvalue weighted by Gasteiger charge is -1.98. The Morgan fingerprint density at radius 2 is 2.33 bits per heavy atom. The number of aliphatic hydroxyl groups is 1. The Bertz CT molecular complexity index is 103. The van der Waals surface area contributed by atoms with Crippen molar-refractivity contribution >= 4 is 0 Å². The van der Waals surface area contributed by atoms with E-state index in [9.17, 15) is 0 Å². The maximum absolute atomic E-state index is 8.52. The van der Waals surface area contributed by atoms with Crippen LogP contribution in [0.15, 0.2) is 24.3 Å². The van der Waals surface area contributed by atoms with Crippen LogP contribution in [-0.2, 0) is 0 Å². The van der Waals surface area contributed by atoms with Crippen LogP contribution in [0.5, 0.6) is 0 Å². The summed E-state index contributed by atoms with van der Waals surface area (Å²) in [6.45, 7) is 5.83. The van der Waals surface area contributed by atoms with Gasteiger partial charge in [-0.3, -0.25) is 0 Å². The van der Waals surface area contributed by atoms with Gasteiger partial charge in [0, 0.05) is 6.61 Å². The van der Waals surface area contributed by atoms with Gasteiger partial charge in [0.25, 0.3) is 0 Å². The average molecular weight is 126 g/mol. The Morgan fingerprint density at radius 1 is 1.67 bits per heavy atom. The fourth-order valence-electron chi connectivity index (χ4n) is 0.693. The lowest BCUT2D eigenvalue weighted by molar-refractivity contribution is 0.298. The van der Waals surface area contributed by atoms with Crippen molar-refractivity contribution in [3.63, 3.8) is 0 Å². The van der Waals surface area contributed by atoms with Gasteiger partial charge in [-0.05, 0) is 19.8 Å². The Balaban J connectivity index is 3.55. The van der Waals surface area contributed by atoms with E-state index in [1.165, 1.54) is 5.57 Å². The number of rotatable bonds is 4. The van der Waals surface area contributed by atoms with Gasteiger partial charge < -0.3 is 5.11 Å². The molecular formula is C8H14O. The molecule has 0 saturated carbocycles. The van der Waals surface area contributed by atoms with Gasteiger partial charge >= 0.3 is 0 Å². The summed E-state index contributed by atoms with van der Waals surface area (Å²) in [6.07, 6.45) is 5.56. The van der Waals surface area contributed by atoms with E-state index in [2.05, 4.69) is 6.58 Å². The molecule has 0 atom stereocenters. The van der Waals surface area contributed by atoms with Crippen molar-refractivity contribution in [3.8, 4) is 0 Å². The number of hydrogen-bond donors (Lipinski definition) is 1. The van der Waals surface area contributed by atoms with Gasteiger partial charge in [-0.15, -0.1) is 6.58 Å². The van der Waals surface area contributed by atoms with Crippen LogP contribution in [-0.4, -0.2) is 11.7 Å². The topological polar surface area (TPSA) is 20.2 Å². The summed E-state index contributed by atoms with van der Waals surface area (Å²) >= 11 is 0. The third kappa shape index (κ3) is 3.98. The molecule has 0 aliphatic heterocycles. The minimum Gasteiger partial charge on any atom is -0.396 e. The van der Waals surface area contributed by atoms with Crippen LogP contribution in [0.3, 0.4) is 0 Å². The lowest BCUT2D eigenvalue weighted by atomic mass is 10.1. The summed E-state index contributed by atoms with van der Waals surface area (Å²) in [4.78, 5) is 0. The van der Waals surface area contributed by atoms with E-state index >= 15 is 0 Å². The molecule has 1 N–H and O–H groups in total. The van der Waals surface area contributed by atoms with Gasteiger partial charge in [-0.25, -0.2) is 0 Å². The van der Waals surface area contributed by atoms with E-state index in [0.717, 1.165) is 12.8 Å². The number of hydrogen-bond acceptors (Lipinski definition) is 1. The first-order valence-corrected chi connectivity index (χ1v) is 3.21. The standard InChI is InChI=1S/C8H14O/c1-3-5-8(4-2)6-7-9/h3-4,9H,1,5-7H2,2H3/b8-4+. The van der Waals surface area contributed by atoms with Crippen LogP contribution < -0.4 is 0 Å². The first-order valence-electron chi connectivity index (χ1n) is 3.21. The number of aliphatic hydroxyl groups excluding tert-OH is 1. The summed E-state index contributed by atoms with van der Waals surface area (Å²) in [7, 11) is 0. The zero-order chi connectivity index (χ0) is 7.11. The minimum atomic E-state index is 0.244. The molecular weight excluding hydrogens is 112 g/mol. The van der Waals surface area contributed by atoms with E-state index in [0.29, 0.717) is 0 Å². The second kappa shape index (κ2) is 5.57. The quantitative estimate of drug-likeness (QED) is 0.570. The van der Waals surface area contributed by atoms with Gasteiger partial charge in [-0.2, -0.15) is 0 Å². The molecule has 0 aliphatic carbocycles. The molecule has 0 spiro atoms. The zero-order valence-corrected chi connectivity index (χ0v) is 5.93. The zero-order valence-electron chi connectivity index (χ0n) is 5.93. The maximum Gasteiger partial charge on any atom is 0.0468 e. The van der Waals surface area contributed by atoms with Crippen LogP contribution in [0.4, 0.5) is 0 Å². The molecule has 0 aromatic rings. The van der Waals surface area contributed by atoms with E-state index in [1.54, 1.807) is 0 Å². The number of allylic oxidation sites excluding steroid dienone is 2. The molecule has 0 saturated heterocycles. The van der Waals surface area contributed by atoms with Gasteiger partial charge in [0.05, 0.1) is 0 Å². The molecule has 0 heterocycles. The van der Waals surface area contributed by atoms with Crippen LogP contribution in [0.1, 0.15) is 19.8 Å². The fourth-order valence-corrected chi connectivity index (χ4v) is 0.693. The van der Waals surface area contributed by atoms with Gasteiger partial charge in [0.1, 0.15) is 0 Å². The molecule has 0 fully saturated rings. The van der Waals surface area contributed by atoms with E-state index in [1.807, 2.05) is 19.1 Å². The molecule has 0 rings (SSSR count). The van der Waals surface area contributed by atoms with E-state index in [4.69, 9.17) is 5.11 Å². The van der Waals surface area contributed by atoms with Gasteiger partial charge in [-0.1, -0.05) is 17.7 Å². The predicted molar refractivity (Wildman–Crippen MR) is 40.3 cm³/mol. The molecule has 9 heavy (non-hydrogen) atoms. The largest absolute Gasteiger partial charge is 0.396 e. The molecule has 0 radical (unpaired) electrons. The predicted octanol–water partition coefficient (Wildman–Crippen LogP) is 1.89. The second-order valence-corrected chi connectivity index (χ2v) is 1.91. The third-order valence-electron chi connectivity index (χ3n) is 1.25. The Labute approximate surface area is 56.7 Å². The van der Waals surface area contributed by atoms with Crippen molar-refractivity contribution in [2.75, 3.05) is 6.61 Å².